The molecule has 0 unspecified atom stereocenters. The van der Waals surface area contributed by atoms with Crippen molar-refractivity contribution in [3.63, 3.8) is 0 Å². The fourth-order valence-corrected chi connectivity index (χ4v) is 1.80. The van der Waals surface area contributed by atoms with Gasteiger partial charge in [-0.2, -0.15) is 4.37 Å². The van der Waals surface area contributed by atoms with E-state index in [2.05, 4.69) is 20.0 Å². The highest BCUT2D eigenvalue weighted by Gasteiger charge is 2.10. The van der Waals surface area contributed by atoms with E-state index in [0.717, 1.165) is 11.5 Å². The molecule has 1 heterocycles. The van der Waals surface area contributed by atoms with Crippen LogP contribution in [0.4, 0.5) is 9.93 Å². The molecule has 1 rings (SSSR count). The van der Waals surface area contributed by atoms with Crippen molar-refractivity contribution in [1.82, 2.24) is 14.7 Å². The predicted octanol–water partition coefficient (Wildman–Crippen LogP) is 1.14. The number of carboxylic acids is 1. The molecule has 3 amide bonds. The molecular formula is C10H14N4O4S. The van der Waals surface area contributed by atoms with Gasteiger partial charge in [-0.05, 0) is 19.8 Å². The number of carbonyl (C=O) groups excluding carboxylic acids is 2. The number of anilines is 1. The number of amides is 3. The van der Waals surface area contributed by atoms with Gasteiger partial charge in [0.1, 0.15) is 5.82 Å². The highest BCUT2D eigenvalue weighted by Crippen LogP contribution is 2.09. The number of aliphatic carboxylic acids is 1. The van der Waals surface area contributed by atoms with Gasteiger partial charge < -0.3 is 5.11 Å². The summed E-state index contributed by atoms with van der Waals surface area (Å²) in [6.07, 6.45) is 0.947. The molecule has 0 aromatic carbocycles. The molecule has 0 radical (unpaired) electrons. The standard InChI is InChI=1S/C10H14N4O4S/c1-6-11-10(19-14-6)13-9(18)12-7(15)4-2-3-5-8(16)17/h2-5H2,1H3,(H,16,17)(H2,11,12,13,14,15,18). The summed E-state index contributed by atoms with van der Waals surface area (Å²) in [7, 11) is 0. The number of hydrogen-bond donors (Lipinski definition) is 3. The molecule has 0 aliphatic rings. The predicted molar refractivity (Wildman–Crippen MR) is 67.9 cm³/mol. The summed E-state index contributed by atoms with van der Waals surface area (Å²) in [5, 5.41) is 13.2. The van der Waals surface area contributed by atoms with Gasteiger partial charge in [-0.15, -0.1) is 0 Å². The Labute approximate surface area is 113 Å². The van der Waals surface area contributed by atoms with E-state index in [9.17, 15) is 14.4 Å². The van der Waals surface area contributed by atoms with Crippen LogP contribution >= 0.6 is 11.5 Å². The van der Waals surface area contributed by atoms with E-state index >= 15 is 0 Å². The Balaban J connectivity index is 2.21. The molecule has 104 valence electrons. The molecule has 0 aliphatic heterocycles. The molecule has 0 aliphatic carbocycles. The first-order chi connectivity index (χ1) is 8.97. The molecule has 0 saturated carbocycles. The number of urea groups is 1. The van der Waals surface area contributed by atoms with Crippen LogP contribution in [-0.4, -0.2) is 32.4 Å². The molecule has 0 saturated heterocycles. The van der Waals surface area contributed by atoms with Crippen LogP contribution in [0.25, 0.3) is 0 Å². The summed E-state index contributed by atoms with van der Waals surface area (Å²) in [6.45, 7) is 1.69. The van der Waals surface area contributed by atoms with E-state index < -0.39 is 17.9 Å². The van der Waals surface area contributed by atoms with Crippen LogP contribution in [0.5, 0.6) is 0 Å². The average molecular weight is 286 g/mol. The van der Waals surface area contributed by atoms with Gasteiger partial charge >= 0.3 is 12.0 Å². The molecule has 0 fully saturated rings. The van der Waals surface area contributed by atoms with Crippen molar-refractivity contribution in [2.75, 3.05) is 5.32 Å². The number of rotatable bonds is 6. The smallest absolute Gasteiger partial charge is 0.327 e. The van der Waals surface area contributed by atoms with Crippen molar-refractivity contribution in [2.45, 2.75) is 32.6 Å². The molecular weight excluding hydrogens is 272 g/mol. The highest BCUT2D eigenvalue weighted by atomic mass is 32.1. The molecule has 19 heavy (non-hydrogen) atoms. The van der Waals surface area contributed by atoms with Gasteiger partial charge in [0.2, 0.25) is 11.0 Å². The van der Waals surface area contributed by atoms with Gasteiger partial charge in [0.25, 0.3) is 0 Å². The highest BCUT2D eigenvalue weighted by molar-refractivity contribution is 7.09. The third-order valence-corrected chi connectivity index (χ3v) is 2.77. The normalized spacial score (nSPS) is 9.95. The Bertz CT molecular complexity index is 474. The van der Waals surface area contributed by atoms with E-state index in [1.54, 1.807) is 6.92 Å². The molecule has 0 bridgehead atoms. The summed E-state index contributed by atoms with van der Waals surface area (Å²) in [5.74, 6) is -0.811. The van der Waals surface area contributed by atoms with Gasteiger partial charge in [0.05, 0.1) is 0 Å². The first kappa shape index (κ1) is 15.0. The summed E-state index contributed by atoms with van der Waals surface area (Å²) >= 11 is 1.02. The van der Waals surface area contributed by atoms with E-state index in [4.69, 9.17) is 5.11 Å². The zero-order valence-electron chi connectivity index (χ0n) is 10.3. The van der Waals surface area contributed by atoms with Crippen molar-refractivity contribution < 1.29 is 19.5 Å². The van der Waals surface area contributed by atoms with E-state index in [-0.39, 0.29) is 12.8 Å². The van der Waals surface area contributed by atoms with E-state index in [0.29, 0.717) is 23.8 Å². The number of aromatic nitrogens is 2. The average Bonchev–Trinajstić information content (AvgIpc) is 2.69. The summed E-state index contributed by atoms with van der Waals surface area (Å²) in [4.78, 5) is 36.9. The minimum absolute atomic E-state index is 0.0174. The first-order valence-corrected chi connectivity index (χ1v) is 6.37. The lowest BCUT2D eigenvalue weighted by Gasteiger charge is -2.03. The van der Waals surface area contributed by atoms with Gasteiger partial charge in [-0.1, -0.05) is 0 Å². The number of unbranched alkanes of at least 4 members (excludes halogenated alkanes) is 1. The van der Waals surface area contributed by atoms with Gasteiger partial charge in [-0.25, -0.2) is 9.78 Å². The number of imide groups is 1. The van der Waals surface area contributed by atoms with Gasteiger partial charge in [-0.3, -0.25) is 20.2 Å². The minimum Gasteiger partial charge on any atom is -0.481 e. The van der Waals surface area contributed by atoms with Gasteiger partial charge in [0.15, 0.2) is 0 Å². The number of carbonyl (C=O) groups is 3. The monoisotopic (exact) mass is 286 g/mol. The molecule has 8 nitrogen and oxygen atoms in total. The van der Waals surface area contributed by atoms with Crippen LogP contribution < -0.4 is 10.6 Å². The second kappa shape index (κ2) is 7.41. The molecule has 3 N–H and O–H groups in total. The lowest BCUT2D eigenvalue weighted by molar-refractivity contribution is -0.137. The summed E-state index contributed by atoms with van der Waals surface area (Å²) in [5.41, 5.74) is 0. The van der Waals surface area contributed by atoms with Crippen LogP contribution in [0.15, 0.2) is 0 Å². The minimum atomic E-state index is -0.898. The molecule has 1 aromatic rings. The fraction of sp³-hybridized carbons (Fsp3) is 0.500. The van der Waals surface area contributed by atoms with E-state index in [1.165, 1.54) is 0 Å². The number of nitrogens with one attached hydrogen (secondary N) is 2. The van der Waals surface area contributed by atoms with Crippen LogP contribution in [0.1, 0.15) is 31.5 Å². The van der Waals surface area contributed by atoms with Crippen LogP contribution in [-0.2, 0) is 9.59 Å². The maximum absolute atomic E-state index is 11.4. The third-order valence-electron chi connectivity index (χ3n) is 2.05. The number of aryl methyl sites for hydroxylation is 1. The maximum atomic E-state index is 11.4. The van der Waals surface area contributed by atoms with Crippen molar-refractivity contribution in [2.24, 2.45) is 0 Å². The van der Waals surface area contributed by atoms with Crippen LogP contribution in [0.2, 0.25) is 0 Å². The Morgan fingerprint density at radius 2 is 1.95 bits per heavy atom. The van der Waals surface area contributed by atoms with Crippen LogP contribution in [0.3, 0.4) is 0 Å². The topological polar surface area (TPSA) is 121 Å². The molecule has 9 heteroatoms. The summed E-state index contributed by atoms with van der Waals surface area (Å²) in [6, 6.07) is -0.667. The molecule has 1 aromatic heterocycles. The fourth-order valence-electron chi connectivity index (χ4n) is 1.23. The Morgan fingerprint density at radius 1 is 1.26 bits per heavy atom. The van der Waals surface area contributed by atoms with Crippen LogP contribution in [0, 0.1) is 6.92 Å². The van der Waals surface area contributed by atoms with E-state index in [1.807, 2.05) is 0 Å². The molecule has 0 atom stereocenters. The third kappa shape index (κ3) is 6.46. The zero-order valence-corrected chi connectivity index (χ0v) is 11.1. The van der Waals surface area contributed by atoms with Gasteiger partial charge in [0, 0.05) is 24.4 Å². The summed E-state index contributed by atoms with van der Waals surface area (Å²) < 4.78 is 3.87. The number of hydrogen-bond acceptors (Lipinski definition) is 6. The first-order valence-electron chi connectivity index (χ1n) is 5.60. The Morgan fingerprint density at radius 3 is 2.53 bits per heavy atom. The van der Waals surface area contributed by atoms with Crippen molar-refractivity contribution in [3.05, 3.63) is 5.82 Å². The SMILES string of the molecule is Cc1nsc(NC(=O)NC(=O)CCCCC(=O)O)n1. The quantitative estimate of drug-likeness (QED) is 0.674. The number of nitrogens with zero attached hydrogens (tertiary/aromatic N) is 2. The lowest BCUT2D eigenvalue weighted by Crippen LogP contribution is -2.34. The zero-order chi connectivity index (χ0) is 14.3. The van der Waals surface area contributed by atoms with Crippen molar-refractivity contribution in [3.8, 4) is 0 Å². The lowest BCUT2D eigenvalue weighted by atomic mass is 10.2. The van der Waals surface area contributed by atoms with Crippen molar-refractivity contribution in [1.29, 1.82) is 0 Å². The van der Waals surface area contributed by atoms with Crippen molar-refractivity contribution >= 4 is 34.6 Å². The molecule has 0 spiro atoms. The second-order valence-corrected chi connectivity index (χ2v) is 4.50. The largest absolute Gasteiger partial charge is 0.481 e. The Kier molecular flexibility index (Phi) is 5.86. The Hall–Kier alpha value is -2.03. The maximum Gasteiger partial charge on any atom is 0.327 e. The second-order valence-electron chi connectivity index (χ2n) is 3.75. The number of carboxylic acid groups (broad SMARTS) is 1.